The van der Waals surface area contributed by atoms with Crippen LogP contribution in [0.15, 0.2) is 29.3 Å². The number of ether oxygens (including phenoxy) is 1. The summed E-state index contributed by atoms with van der Waals surface area (Å²) in [6.07, 6.45) is 2.55. The van der Waals surface area contributed by atoms with E-state index in [2.05, 4.69) is 41.2 Å². The third-order valence-corrected chi connectivity index (χ3v) is 5.08. The molecule has 0 radical (unpaired) electrons. The van der Waals surface area contributed by atoms with Crippen LogP contribution < -0.4 is 15.8 Å². The van der Waals surface area contributed by atoms with Crippen molar-refractivity contribution in [2.45, 2.75) is 38.5 Å². The first-order valence-electron chi connectivity index (χ1n) is 9.24. The number of hydrogen-bond acceptors (Lipinski definition) is 3. The molecule has 6 nitrogen and oxygen atoms in total. The topological polar surface area (TPSA) is 80.0 Å². The third kappa shape index (κ3) is 5.38. The Morgan fingerprint density at radius 3 is 2.65 bits per heavy atom. The number of piperidine rings is 1. The molecule has 2 rings (SSSR count). The zero-order valence-corrected chi connectivity index (χ0v) is 16.4. The number of amides is 1. The molecule has 1 saturated heterocycles. The van der Waals surface area contributed by atoms with Gasteiger partial charge in [0.25, 0.3) is 0 Å². The molecule has 1 aromatic carbocycles. The summed E-state index contributed by atoms with van der Waals surface area (Å²) in [5.74, 6) is 1.85. The maximum atomic E-state index is 11.2. The molecule has 1 unspecified atom stereocenters. The van der Waals surface area contributed by atoms with Crippen molar-refractivity contribution in [3.8, 4) is 5.75 Å². The highest BCUT2D eigenvalue weighted by atomic mass is 16.5. The number of hydrogen-bond donors (Lipinski definition) is 2. The van der Waals surface area contributed by atoms with Gasteiger partial charge < -0.3 is 20.7 Å². The molecule has 1 atom stereocenters. The highest BCUT2D eigenvalue weighted by Crippen LogP contribution is 2.25. The summed E-state index contributed by atoms with van der Waals surface area (Å²) in [4.78, 5) is 17.9. The van der Waals surface area contributed by atoms with Gasteiger partial charge in [-0.05, 0) is 36.5 Å². The van der Waals surface area contributed by atoms with E-state index in [1.807, 2.05) is 12.1 Å². The molecule has 6 heteroatoms. The van der Waals surface area contributed by atoms with Gasteiger partial charge in [-0.1, -0.05) is 26.0 Å². The lowest BCUT2D eigenvalue weighted by Crippen LogP contribution is -2.49. The van der Waals surface area contributed by atoms with Gasteiger partial charge in [0.1, 0.15) is 5.75 Å². The van der Waals surface area contributed by atoms with Gasteiger partial charge in [0.2, 0.25) is 5.91 Å². The number of likely N-dealkylation sites (tertiary alicyclic amines) is 1. The second-order valence-electron chi connectivity index (χ2n) is 7.64. The van der Waals surface area contributed by atoms with E-state index in [4.69, 9.17) is 10.5 Å². The first kappa shape index (κ1) is 20.1. The van der Waals surface area contributed by atoms with Crippen LogP contribution in [-0.4, -0.2) is 50.6 Å². The highest BCUT2D eigenvalue weighted by molar-refractivity contribution is 5.80. The normalized spacial score (nSPS) is 18.5. The summed E-state index contributed by atoms with van der Waals surface area (Å²) in [7, 11) is 3.48. The van der Waals surface area contributed by atoms with Crippen molar-refractivity contribution in [3.05, 3.63) is 29.8 Å². The summed E-state index contributed by atoms with van der Waals surface area (Å²) in [6, 6.07) is 8.19. The number of nitrogens with zero attached hydrogens (tertiary/aromatic N) is 2. The molecule has 1 amide bonds. The maximum absolute atomic E-state index is 11.2. The molecule has 1 aromatic rings. The summed E-state index contributed by atoms with van der Waals surface area (Å²) >= 11 is 0. The Morgan fingerprint density at radius 1 is 1.38 bits per heavy atom. The van der Waals surface area contributed by atoms with Gasteiger partial charge in [0, 0.05) is 38.5 Å². The minimum Gasteiger partial charge on any atom is -0.497 e. The molecular weight excluding hydrogens is 328 g/mol. The monoisotopic (exact) mass is 360 g/mol. The van der Waals surface area contributed by atoms with Crippen LogP contribution in [-0.2, 0) is 10.2 Å². The van der Waals surface area contributed by atoms with Gasteiger partial charge in [-0.3, -0.25) is 9.79 Å². The molecule has 1 fully saturated rings. The molecule has 0 saturated carbocycles. The Labute approximate surface area is 156 Å². The van der Waals surface area contributed by atoms with E-state index in [-0.39, 0.29) is 11.3 Å². The minimum absolute atomic E-state index is 0.0510. The SMILES string of the molecule is CN=C(NCC(C)(C)c1ccc(OC)cc1)N1CCCC(CC(N)=O)C1. The Hall–Kier alpha value is -2.24. The first-order valence-corrected chi connectivity index (χ1v) is 9.24. The Morgan fingerprint density at radius 2 is 2.08 bits per heavy atom. The second kappa shape index (κ2) is 8.92. The largest absolute Gasteiger partial charge is 0.497 e. The molecule has 26 heavy (non-hydrogen) atoms. The average molecular weight is 361 g/mol. The number of carbonyl (C=O) groups excluding carboxylic acids is 1. The van der Waals surface area contributed by atoms with Crippen molar-refractivity contribution in [2.24, 2.45) is 16.6 Å². The van der Waals surface area contributed by atoms with E-state index in [1.165, 1.54) is 5.56 Å². The number of carbonyl (C=O) groups is 1. The van der Waals surface area contributed by atoms with Gasteiger partial charge in [0.15, 0.2) is 5.96 Å². The minimum atomic E-state index is -0.222. The summed E-state index contributed by atoms with van der Waals surface area (Å²) in [6.45, 7) is 6.97. The van der Waals surface area contributed by atoms with Crippen LogP contribution in [0.4, 0.5) is 0 Å². The lowest BCUT2D eigenvalue weighted by molar-refractivity contribution is -0.119. The molecule has 3 N–H and O–H groups in total. The molecule has 0 spiro atoms. The average Bonchev–Trinajstić information content (AvgIpc) is 2.62. The second-order valence-corrected chi connectivity index (χ2v) is 7.64. The van der Waals surface area contributed by atoms with Crippen molar-refractivity contribution in [1.29, 1.82) is 0 Å². The van der Waals surface area contributed by atoms with Gasteiger partial charge >= 0.3 is 0 Å². The standard InChI is InChI=1S/C20H32N4O2/c1-20(2,16-7-9-17(26-4)10-8-16)14-23-19(22-3)24-11-5-6-15(13-24)12-18(21)25/h7-10,15H,5-6,11-14H2,1-4H3,(H2,21,25)(H,22,23). The molecular formula is C20H32N4O2. The molecule has 1 aliphatic rings. The van der Waals surface area contributed by atoms with E-state index in [0.717, 1.165) is 44.2 Å². The number of methoxy groups -OCH3 is 1. The van der Waals surface area contributed by atoms with Crippen LogP contribution >= 0.6 is 0 Å². The van der Waals surface area contributed by atoms with Crippen molar-refractivity contribution < 1.29 is 9.53 Å². The van der Waals surface area contributed by atoms with Crippen LogP contribution in [0.5, 0.6) is 5.75 Å². The maximum Gasteiger partial charge on any atom is 0.217 e. The van der Waals surface area contributed by atoms with Crippen LogP contribution in [0.25, 0.3) is 0 Å². The highest BCUT2D eigenvalue weighted by Gasteiger charge is 2.26. The van der Waals surface area contributed by atoms with Crippen LogP contribution in [0.1, 0.15) is 38.7 Å². The quantitative estimate of drug-likeness (QED) is 0.602. The van der Waals surface area contributed by atoms with Gasteiger partial charge in [0.05, 0.1) is 7.11 Å². The van der Waals surface area contributed by atoms with Crippen LogP contribution in [0, 0.1) is 5.92 Å². The number of nitrogens with one attached hydrogen (secondary N) is 1. The molecule has 0 aliphatic carbocycles. The predicted octanol–water partition coefficient (Wildman–Crippen LogP) is 2.14. The number of nitrogens with two attached hydrogens (primary N) is 1. The summed E-state index contributed by atoms with van der Waals surface area (Å²) in [5.41, 5.74) is 6.56. The molecule has 0 bridgehead atoms. The molecule has 144 valence electrons. The lowest BCUT2D eigenvalue weighted by Gasteiger charge is -2.36. The van der Waals surface area contributed by atoms with Crippen molar-refractivity contribution >= 4 is 11.9 Å². The van der Waals surface area contributed by atoms with Crippen molar-refractivity contribution in [3.63, 3.8) is 0 Å². The van der Waals surface area contributed by atoms with E-state index in [0.29, 0.717) is 12.3 Å². The Kier molecular flexibility index (Phi) is 6.89. The van der Waals surface area contributed by atoms with Gasteiger partial charge in [-0.2, -0.15) is 0 Å². The predicted molar refractivity (Wildman–Crippen MR) is 105 cm³/mol. The molecule has 1 heterocycles. The summed E-state index contributed by atoms with van der Waals surface area (Å²) in [5, 5.41) is 3.51. The Balaban J connectivity index is 1.97. The van der Waals surface area contributed by atoms with Gasteiger partial charge in [-0.15, -0.1) is 0 Å². The number of primary amides is 1. The van der Waals surface area contributed by atoms with E-state index >= 15 is 0 Å². The van der Waals surface area contributed by atoms with E-state index in [1.54, 1.807) is 14.2 Å². The number of benzene rings is 1. The number of rotatable bonds is 6. The Bertz CT molecular complexity index is 625. The van der Waals surface area contributed by atoms with E-state index < -0.39 is 0 Å². The third-order valence-electron chi connectivity index (χ3n) is 5.08. The fourth-order valence-electron chi connectivity index (χ4n) is 3.49. The summed E-state index contributed by atoms with van der Waals surface area (Å²) < 4.78 is 5.24. The smallest absolute Gasteiger partial charge is 0.217 e. The lowest BCUT2D eigenvalue weighted by atomic mass is 9.84. The van der Waals surface area contributed by atoms with E-state index in [9.17, 15) is 4.79 Å². The molecule has 1 aliphatic heterocycles. The zero-order valence-electron chi connectivity index (χ0n) is 16.4. The van der Waals surface area contributed by atoms with Crippen LogP contribution in [0.2, 0.25) is 0 Å². The van der Waals surface area contributed by atoms with Crippen molar-refractivity contribution in [2.75, 3.05) is 33.8 Å². The van der Waals surface area contributed by atoms with Crippen molar-refractivity contribution in [1.82, 2.24) is 10.2 Å². The van der Waals surface area contributed by atoms with Crippen LogP contribution in [0.3, 0.4) is 0 Å². The van der Waals surface area contributed by atoms with Gasteiger partial charge in [-0.25, -0.2) is 0 Å². The first-order chi connectivity index (χ1) is 12.4. The molecule has 0 aromatic heterocycles. The number of aliphatic imine (C=N–C) groups is 1. The fraction of sp³-hybridized carbons (Fsp3) is 0.600. The fourth-order valence-corrected chi connectivity index (χ4v) is 3.49. The number of guanidine groups is 1. The zero-order chi connectivity index (χ0) is 19.2.